The molecule has 1 atom stereocenters. The molecule has 0 saturated heterocycles. The molecule has 0 amide bonds. The molecule has 0 aliphatic rings. The van der Waals surface area contributed by atoms with Crippen LogP contribution in [0.1, 0.15) is 24.4 Å². The molecular weight excluding hydrogens is 314 g/mol. The molecule has 0 fully saturated rings. The molecule has 0 aliphatic carbocycles. The van der Waals surface area contributed by atoms with Crippen molar-refractivity contribution in [2.75, 3.05) is 0 Å². The highest BCUT2D eigenvalue weighted by Gasteiger charge is 2.20. The molecule has 1 heterocycles. The summed E-state index contributed by atoms with van der Waals surface area (Å²) in [6.45, 7) is 1.58. The van der Waals surface area contributed by atoms with Gasteiger partial charge in [-0.3, -0.25) is 9.36 Å². The zero-order chi connectivity index (χ0) is 17.4. The third-order valence-electron chi connectivity index (χ3n) is 3.59. The molecule has 2 N–H and O–H groups in total. The Kier molecular flexibility index (Phi) is 3.83. The predicted molar refractivity (Wildman–Crippen MR) is 84.6 cm³/mol. The summed E-state index contributed by atoms with van der Waals surface area (Å²) >= 11 is 0. The molecule has 0 saturated carbocycles. The van der Waals surface area contributed by atoms with Crippen LogP contribution in [-0.4, -0.2) is 9.55 Å². The largest absolute Gasteiger partial charge is 0.322 e. The van der Waals surface area contributed by atoms with E-state index in [9.17, 15) is 13.6 Å². The Balaban J connectivity index is 2.49. The van der Waals surface area contributed by atoms with E-state index in [1.165, 1.54) is 6.07 Å². The van der Waals surface area contributed by atoms with E-state index in [4.69, 9.17) is 11.0 Å². The lowest BCUT2D eigenvalue weighted by Gasteiger charge is -2.16. The summed E-state index contributed by atoms with van der Waals surface area (Å²) in [6.07, 6.45) is 0. The van der Waals surface area contributed by atoms with Crippen LogP contribution in [0.15, 0.2) is 41.2 Å². The quantitative estimate of drug-likeness (QED) is 0.784. The second-order valence-electron chi connectivity index (χ2n) is 5.31. The van der Waals surface area contributed by atoms with Crippen LogP contribution in [0.2, 0.25) is 0 Å². The van der Waals surface area contributed by atoms with Crippen molar-refractivity contribution >= 4 is 10.9 Å². The average molecular weight is 326 g/mol. The van der Waals surface area contributed by atoms with Gasteiger partial charge in [0.2, 0.25) is 0 Å². The number of aromatic nitrogens is 2. The number of nitrogens with zero attached hydrogens (tertiary/aromatic N) is 3. The van der Waals surface area contributed by atoms with Crippen LogP contribution in [0.5, 0.6) is 0 Å². The van der Waals surface area contributed by atoms with Gasteiger partial charge in [0, 0.05) is 0 Å². The lowest BCUT2D eigenvalue weighted by molar-refractivity contribution is 0.607. The maximum atomic E-state index is 14.1. The van der Waals surface area contributed by atoms with Crippen molar-refractivity contribution in [2.45, 2.75) is 13.0 Å². The summed E-state index contributed by atoms with van der Waals surface area (Å²) in [5.41, 5.74) is 5.35. The van der Waals surface area contributed by atoms with Gasteiger partial charge in [-0.2, -0.15) is 5.26 Å². The van der Waals surface area contributed by atoms with E-state index >= 15 is 0 Å². The first kappa shape index (κ1) is 15.8. The van der Waals surface area contributed by atoms with E-state index in [2.05, 4.69) is 4.98 Å². The fourth-order valence-electron chi connectivity index (χ4n) is 2.50. The van der Waals surface area contributed by atoms with Crippen molar-refractivity contribution in [1.82, 2.24) is 9.55 Å². The Labute approximate surface area is 135 Å². The molecule has 0 radical (unpaired) electrons. The van der Waals surface area contributed by atoms with Gasteiger partial charge in [-0.05, 0) is 37.3 Å². The minimum Gasteiger partial charge on any atom is -0.322 e. The van der Waals surface area contributed by atoms with Crippen molar-refractivity contribution in [3.63, 3.8) is 0 Å². The minimum absolute atomic E-state index is 0.0760. The SMILES string of the molecule is C[C@H](N)c1nc2c(F)ccc(F)c2c(=O)n1-c1cccc(C#N)c1. The summed E-state index contributed by atoms with van der Waals surface area (Å²) in [6, 6.07) is 9.21. The maximum Gasteiger partial charge on any atom is 0.269 e. The highest BCUT2D eigenvalue weighted by atomic mass is 19.1. The molecule has 0 bridgehead atoms. The molecular formula is C17H12F2N4O. The first-order valence-electron chi connectivity index (χ1n) is 7.11. The van der Waals surface area contributed by atoms with Crippen LogP contribution in [0.4, 0.5) is 8.78 Å². The standard InChI is InChI=1S/C17H12F2N4O/c1-9(21)16-22-15-13(19)6-5-12(18)14(15)17(24)23(16)11-4-2-3-10(7-11)8-20/h2-7,9H,21H2,1H3/t9-/m0/s1. The molecule has 3 aromatic rings. The predicted octanol–water partition coefficient (Wildman–Crippen LogP) is 2.56. The van der Waals surface area contributed by atoms with Gasteiger partial charge in [-0.25, -0.2) is 13.8 Å². The Hall–Kier alpha value is -3.11. The topological polar surface area (TPSA) is 84.7 Å². The Bertz CT molecular complexity index is 1050. The number of hydrogen-bond donors (Lipinski definition) is 1. The third-order valence-corrected chi connectivity index (χ3v) is 3.59. The van der Waals surface area contributed by atoms with Crippen molar-refractivity contribution in [1.29, 1.82) is 5.26 Å². The van der Waals surface area contributed by atoms with Crippen molar-refractivity contribution in [2.24, 2.45) is 5.73 Å². The van der Waals surface area contributed by atoms with Crippen LogP contribution in [0, 0.1) is 23.0 Å². The Morgan fingerprint density at radius 1 is 1.25 bits per heavy atom. The van der Waals surface area contributed by atoms with Crippen LogP contribution < -0.4 is 11.3 Å². The lowest BCUT2D eigenvalue weighted by Crippen LogP contribution is -2.28. The van der Waals surface area contributed by atoms with Gasteiger partial charge in [0.1, 0.15) is 28.4 Å². The normalized spacial score (nSPS) is 12.1. The van der Waals surface area contributed by atoms with Crippen LogP contribution in [0.25, 0.3) is 16.6 Å². The molecule has 3 rings (SSSR count). The zero-order valence-electron chi connectivity index (χ0n) is 12.6. The second-order valence-corrected chi connectivity index (χ2v) is 5.31. The van der Waals surface area contributed by atoms with E-state index in [0.29, 0.717) is 11.3 Å². The fraction of sp³-hybridized carbons (Fsp3) is 0.118. The first-order chi connectivity index (χ1) is 11.4. The molecule has 5 nitrogen and oxygen atoms in total. The highest BCUT2D eigenvalue weighted by molar-refractivity contribution is 5.79. The van der Waals surface area contributed by atoms with Crippen LogP contribution >= 0.6 is 0 Å². The fourth-order valence-corrected chi connectivity index (χ4v) is 2.50. The minimum atomic E-state index is -0.870. The number of fused-ring (bicyclic) bond motifs is 1. The number of rotatable bonds is 2. The number of nitriles is 1. The van der Waals surface area contributed by atoms with Gasteiger partial charge in [0.05, 0.1) is 23.4 Å². The summed E-state index contributed by atoms with van der Waals surface area (Å²) in [7, 11) is 0. The van der Waals surface area contributed by atoms with Gasteiger partial charge in [-0.15, -0.1) is 0 Å². The molecule has 0 aliphatic heterocycles. The summed E-state index contributed by atoms with van der Waals surface area (Å²) in [5.74, 6) is -1.60. The monoisotopic (exact) mass is 326 g/mol. The molecule has 120 valence electrons. The van der Waals surface area contributed by atoms with Crippen molar-refractivity contribution < 1.29 is 8.78 Å². The lowest BCUT2D eigenvalue weighted by atomic mass is 10.1. The molecule has 0 unspecified atom stereocenters. The number of benzene rings is 2. The smallest absolute Gasteiger partial charge is 0.269 e. The third kappa shape index (κ3) is 2.43. The van der Waals surface area contributed by atoms with Gasteiger partial charge in [0.15, 0.2) is 0 Å². The molecule has 2 aromatic carbocycles. The molecule has 7 heteroatoms. The average Bonchev–Trinajstić information content (AvgIpc) is 2.57. The maximum absolute atomic E-state index is 14.1. The van der Waals surface area contributed by atoms with Gasteiger partial charge >= 0.3 is 0 Å². The van der Waals surface area contributed by atoms with E-state index in [-0.39, 0.29) is 11.3 Å². The van der Waals surface area contributed by atoms with Gasteiger partial charge in [-0.1, -0.05) is 6.07 Å². The molecule has 1 aromatic heterocycles. The first-order valence-corrected chi connectivity index (χ1v) is 7.11. The second kappa shape index (κ2) is 5.83. The van der Waals surface area contributed by atoms with Crippen molar-refractivity contribution in [3.8, 4) is 11.8 Å². The summed E-state index contributed by atoms with van der Waals surface area (Å²) in [4.78, 5) is 16.9. The summed E-state index contributed by atoms with van der Waals surface area (Å²) in [5, 5.41) is 8.57. The highest BCUT2D eigenvalue weighted by Crippen LogP contribution is 2.21. The summed E-state index contributed by atoms with van der Waals surface area (Å²) < 4.78 is 29.2. The van der Waals surface area contributed by atoms with Gasteiger partial charge < -0.3 is 5.73 Å². The van der Waals surface area contributed by atoms with Crippen LogP contribution in [-0.2, 0) is 0 Å². The molecule has 24 heavy (non-hydrogen) atoms. The Morgan fingerprint density at radius 2 is 1.96 bits per heavy atom. The van der Waals surface area contributed by atoms with Crippen molar-refractivity contribution in [3.05, 3.63) is 69.8 Å². The van der Waals surface area contributed by atoms with E-state index in [1.807, 2.05) is 6.07 Å². The van der Waals surface area contributed by atoms with E-state index in [1.54, 1.807) is 25.1 Å². The van der Waals surface area contributed by atoms with E-state index in [0.717, 1.165) is 16.7 Å². The number of nitrogens with two attached hydrogens (primary N) is 1. The zero-order valence-corrected chi connectivity index (χ0v) is 12.6. The molecule has 0 spiro atoms. The van der Waals surface area contributed by atoms with Crippen LogP contribution in [0.3, 0.4) is 0 Å². The number of hydrogen-bond acceptors (Lipinski definition) is 4. The van der Waals surface area contributed by atoms with Gasteiger partial charge in [0.25, 0.3) is 5.56 Å². The Morgan fingerprint density at radius 3 is 2.62 bits per heavy atom. The van der Waals surface area contributed by atoms with E-state index < -0.39 is 28.6 Å². The number of halogens is 2.